The van der Waals surface area contributed by atoms with Crippen LogP contribution in [0, 0.1) is 5.82 Å². The summed E-state index contributed by atoms with van der Waals surface area (Å²) in [7, 11) is 0. The first-order valence-corrected chi connectivity index (χ1v) is 4.66. The first-order valence-electron chi connectivity index (χ1n) is 4.28. The lowest BCUT2D eigenvalue weighted by atomic mass is 10.1. The molecule has 0 fully saturated rings. The van der Waals surface area contributed by atoms with Gasteiger partial charge in [0.25, 0.3) is 0 Å². The maximum atomic E-state index is 12.6. The Bertz CT molecular complexity index is 354. The molecule has 0 atom stereocenters. The van der Waals surface area contributed by atoms with Gasteiger partial charge in [-0.25, -0.2) is 4.39 Å². The van der Waals surface area contributed by atoms with Crippen molar-refractivity contribution in [2.24, 2.45) is 0 Å². The number of carbonyl (C=O) groups excluding carboxylic acids is 1. The van der Waals surface area contributed by atoms with Crippen LogP contribution in [-0.2, 0) is 4.79 Å². The number of rotatable bonds is 3. The fourth-order valence-electron chi connectivity index (χ4n) is 1.07. The molecule has 0 amide bonds. The Morgan fingerprint density at radius 3 is 2.43 bits per heavy atom. The Morgan fingerprint density at radius 2 is 2.00 bits per heavy atom. The van der Waals surface area contributed by atoms with Crippen LogP contribution >= 0.6 is 11.6 Å². The van der Waals surface area contributed by atoms with Gasteiger partial charge in [-0.2, -0.15) is 0 Å². The minimum atomic E-state index is -0.317. The van der Waals surface area contributed by atoms with Gasteiger partial charge >= 0.3 is 0 Å². The molecule has 0 aromatic heterocycles. The minimum absolute atomic E-state index is 0.317. The summed E-state index contributed by atoms with van der Waals surface area (Å²) in [6.07, 6.45) is 1.30. The van der Waals surface area contributed by atoms with Crippen LogP contribution in [0.2, 0.25) is 0 Å². The third kappa shape index (κ3) is 2.42. The number of aldehydes is 1. The highest BCUT2D eigenvalue weighted by atomic mass is 35.5. The van der Waals surface area contributed by atoms with Gasteiger partial charge in [0.1, 0.15) is 12.1 Å². The summed E-state index contributed by atoms with van der Waals surface area (Å²) in [6, 6.07) is 5.74. The second-order valence-corrected chi connectivity index (χ2v) is 3.20. The normalized spacial score (nSPS) is 12.2. The average molecular weight is 213 g/mol. The number of benzene rings is 1. The van der Waals surface area contributed by atoms with Gasteiger partial charge in [0, 0.05) is 5.57 Å². The molecule has 0 aliphatic rings. The highest BCUT2D eigenvalue weighted by molar-refractivity contribution is 6.50. The van der Waals surface area contributed by atoms with E-state index >= 15 is 0 Å². The molecule has 0 bridgehead atoms. The summed E-state index contributed by atoms with van der Waals surface area (Å²) in [5.41, 5.74) is 1.19. The summed E-state index contributed by atoms with van der Waals surface area (Å²) in [4.78, 5) is 10.6. The van der Waals surface area contributed by atoms with Crippen LogP contribution in [0.4, 0.5) is 4.39 Å². The number of allylic oxidation sites excluding steroid dienone is 1. The van der Waals surface area contributed by atoms with Crippen molar-refractivity contribution in [3.8, 4) is 0 Å². The second kappa shape index (κ2) is 4.91. The van der Waals surface area contributed by atoms with Gasteiger partial charge in [-0.1, -0.05) is 30.7 Å². The first kappa shape index (κ1) is 10.9. The molecule has 1 aromatic rings. The molecule has 0 aliphatic carbocycles. The van der Waals surface area contributed by atoms with E-state index in [1.807, 2.05) is 6.92 Å². The Balaban J connectivity index is 3.10. The van der Waals surface area contributed by atoms with Gasteiger partial charge in [-0.15, -0.1) is 0 Å². The molecule has 0 saturated carbocycles. The summed E-state index contributed by atoms with van der Waals surface area (Å²) in [5, 5.41) is 0.391. The smallest absolute Gasteiger partial charge is 0.147 e. The summed E-state index contributed by atoms with van der Waals surface area (Å²) in [5.74, 6) is -0.317. The van der Waals surface area contributed by atoms with Crippen molar-refractivity contribution in [1.82, 2.24) is 0 Å². The standard InChI is InChI=1S/C11H10ClFO/c1-2-8(7-14)11(12)9-3-5-10(13)6-4-9/h3-7H,2H2,1H3/b11-8-. The van der Waals surface area contributed by atoms with Crippen LogP contribution in [-0.4, -0.2) is 6.29 Å². The summed E-state index contributed by atoms with van der Waals surface area (Å²) >= 11 is 5.95. The summed E-state index contributed by atoms with van der Waals surface area (Å²) < 4.78 is 12.6. The van der Waals surface area contributed by atoms with Crippen molar-refractivity contribution in [2.75, 3.05) is 0 Å². The lowest BCUT2D eigenvalue weighted by Crippen LogP contribution is -1.87. The molecule has 0 spiro atoms. The highest BCUT2D eigenvalue weighted by Crippen LogP contribution is 2.23. The minimum Gasteiger partial charge on any atom is -0.298 e. The zero-order chi connectivity index (χ0) is 10.6. The zero-order valence-electron chi connectivity index (χ0n) is 7.76. The van der Waals surface area contributed by atoms with Gasteiger partial charge in [-0.3, -0.25) is 4.79 Å². The molecule has 3 heteroatoms. The van der Waals surface area contributed by atoms with Gasteiger partial charge in [0.2, 0.25) is 0 Å². The second-order valence-electron chi connectivity index (χ2n) is 2.82. The van der Waals surface area contributed by atoms with Crippen molar-refractivity contribution in [3.05, 3.63) is 41.2 Å². The Morgan fingerprint density at radius 1 is 1.43 bits per heavy atom. The maximum absolute atomic E-state index is 12.6. The van der Waals surface area contributed by atoms with E-state index in [0.717, 1.165) is 6.29 Å². The van der Waals surface area contributed by atoms with Crippen molar-refractivity contribution >= 4 is 22.9 Å². The Hall–Kier alpha value is -1.15. The van der Waals surface area contributed by atoms with Crippen molar-refractivity contribution in [3.63, 3.8) is 0 Å². The third-order valence-corrected chi connectivity index (χ3v) is 2.36. The molecule has 74 valence electrons. The van der Waals surface area contributed by atoms with Crippen molar-refractivity contribution in [1.29, 1.82) is 0 Å². The van der Waals surface area contributed by atoms with E-state index in [1.165, 1.54) is 12.1 Å². The van der Waals surface area contributed by atoms with Crippen LogP contribution in [0.1, 0.15) is 18.9 Å². The predicted molar refractivity (Wildman–Crippen MR) is 55.5 cm³/mol. The number of halogens is 2. The molecule has 1 aromatic carbocycles. The van der Waals surface area contributed by atoms with Gasteiger partial charge in [-0.05, 0) is 24.1 Å². The van der Waals surface area contributed by atoms with Crippen LogP contribution in [0.3, 0.4) is 0 Å². The Kier molecular flexibility index (Phi) is 3.84. The zero-order valence-corrected chi connectivity index (χ0v) is 8.51. The van der Waals surface area contributed by atoms with Crippen LogP contribution in [0.5, 0.6) is 0 Å². The van der Waals surface area contributed by atoms with Gasteiger partial charge < -0.3 is 0 Å². The topological polar surface area (TPSA) is 17.1 Å². The number of carbonyl (C=O) groups is 1. The van der Waals surface area contributed by atoms with Crippen LogP contribution in [0.15, 0.2) is 29.8 Å². The van der Waals surface area contributed by atoms with Crippen molar-refractivity contribution < 1.29 is 9.18 Å². The van der Waals surface area contributed by atoms with Crippen LogP contribution in [0.25, 0.3) is 5.03 Å². The molecule has 0 heterocycles. The molecule has 1 rings (SSSR count). The van der Waals surface area contributed by atoms with E-state index in [-0.39, 0.29) is 5.82 Å². The van der Waals surface area contributed by atoms with Crippen LogP contribution < -0.4 is 0 Å². The van der Waals surface area contributed by atoms with E-state index in [4.69, 9.17) is 11.6 Å². The number of hydrogen-bond donors (Lipinski definition) is 0. The largest absolute Gasteiger partial charge is 0.298 e. The monoisotopic (exact) mass is 212 g/mol. The molecular weight excluding hydrogens is 203 g/mol. The van der Waals surface area contributed by atoms with Crippen molar-refractivity contribution in [2.45, 2.75) is 13.3 Å². The highest BCUT2D eigenvalue weighted by Gasteiger charge is 2.04. The first-order chi connectivity index (χ1) is 6.69. The molecule has 1 nitrogen and oxygen atoms in total. The van der Waals surface area contributed by atoms with E-state index in [2.05, 4.69) is 0 Å². The molecule has 14 heavy (non-hydrogen) atoms. The molecular formula is C11H10ClFO. The quantitative estimate of drug-likeness (QED) is 0.555. The average Bonchev–Trinajstić information content (AvgIpc) is 2.20. The summed E-state index contributed by atoms with van der Waals surface area (Å²) in [6.45, 7) is 1.84. The van der Waals surface area contributed by atoms with Gasteiger partial charge in [0.05, 0.1) is 5.03 Å². The molecule has 0 saturated heterocycles. The maximum Gasteiger partial charge on any atom is 0.147 e. The third-order valence-electron chi connectivity index (χ3n) is 1.90. The molecule has 0 unspecified atom stereocenters. The lowest BCUT2D eigenvalue weighted by molar-refractivity contribution is -0.104. The molecule has 0 radical (unpaired) electrons. The Labute approximate surface area is 87.2 Å². The molecule has 0 aliphatic heterocycles. The number of hydrogen-bond acceptors (Lipinski definition) is 1. The predicted octanol–water partition coefficient (Wildman–Crippen LogP) is 3.38. The van der Waals surface area contributed by atoms with Gasteiger partial charge in [0.15, 0.2) is 0 Å². The fraction of sp³-hybridized carbons (Fsp3) is 0.182. The fourth-order valence-corrected chi connectivity index (χ4v) is 1.38. The molecule has 0 N–H and O–H groups in total. The van der Waals surface area contributed by atoms with E-state index in [0.29, 0.717) is 22.6 Å². The van der Waals surface area contributed by atoms with E-state index in [9.17, 15) is 9.18 Å². The lowest BCUT2D eigenvalue weighted by Gasteiger charge is -2.02. The SMILES string of the molecule is CC/C(C=O)=C(/Cl)c1ccc(F)cc1. The van der Waals surface area contributed by atoms with E-state index in [1.54, 1.807) is 12.1 Å². The van der Waals surface area contributed by atoms with E-state index < -0.39 is 0 Å².